The van der Waals surface area contributed by atoms with Crippen LogP contribution in [-0.4, -0.2) is 24.7 Å². The molecular formula is C3H7AuNO2. The van der Waals surface area contributed by atoms with Gasteiger partial charge in [0.25, 0.3) is 0 Å². The molecule has 47 valence electrons. The zero-order chi connectivity index (χ0) is 4.99. The summed E-state index contributed by atoms with van der Waals surface area (Å²) in [7, 11) is 1.59. The molecule has 0 aliphatic rings. The van der Waals surface area contributed by atoms with E-state index in [4.69, 9.17) is 5.11 Å². The first kappa shape index (κ1) is 10.2. The molecule has 0 fully saturated rings. The van der Waals surface area contributed by atoms with Crippen LogP contribution in [0.5, 0.6) is 0 Å². The zero-order valence-electron chi connectivity index (χ0n) is 3.86. The summed E-state index contributed by atoms with van der Waals surface area (Å²) >= 11 is 0. The van der Waals surface area contributed by atoms with Gasteiger partial charge in [-0.25, -0.2) is 0 Å². The number of carbonyl (C=O) groups is 1. The third-order valence-corrected chi connectivity index (χ3v) is 0.328. The molecule has 0 spiro atoms. The number of hydrogen-bond donors (Lipinski definition) is 2. The van der Waals surface area contributed by atoms with Crippen LogP contribution in [0.4, 0.5) is 0 Å². The molecule has 0 saturated heterocycles. The van der Waals surface area contributed by atoms with Crippen molar-refractivity contribution in [3.05, 3.63) is 0 Å². The Bertz CT molecular complexity index is 56.9. The van der Waals surface area contributed by atoms with Crippen LogP contribution in [0.15, 0.2) is 0 Å². The largest absolute Gasteiger partial charge is 0.480 e. The van der Waals surface area contributed by atoms with Gasteiger partial charge in [-0.3, -0.25) is 4.79 Å². The van der Waals surface area contributed by atoms with Crippen molar-refractivity contribution in [1.82, 2.24) is 5.32 Å². The predicted molar refractivity (Wildman–Crippen MR) is 21.6 cm³/mol. The van der Waals surface area contributed by atoms with Crippen molar-refractivity contribution in [3.63, 3.8) is 0 Å². The number of carboxylic acids is 1. The molecule has 3 nitrogen and oxygen atoms in total. The maximum absolute atomic E-state index is 9.54. The van der Waals surface area contributed by atoms with E-state index in [-0.39, 0.29) is 28.9 Å². The Labute approximate surface area is 57.6 Å². The van der Waals surface area contributed by atoms with Crippen LogP contribution in [0.3, 0.4) is 0 Å². The van der Waals surface area contributed by atoms with E-state index in [0.29, 0.717) is 0 Å². The Hall–Kier alpha value is 0.170. The van der Waals surface area contributed by atoms with Crippen LogP contribution in [-0.2, 0) is 27.2 Å². The van der Waals surface area contributed by atoms with E-state index < -0.39 is 5.97 Å². The van der Waals surface area contributed by atoms with Crippen molar-refractivity contribution < 1.29 is 32.3 Å². The van der Waals surface area contributed by atoms with Gasteiger partial charge in [0.15, 0.2) is 0 Å². The number of nitrogens with one attached hydrogen (secondary N) is 1. The van der Waals surface area contributed by atoms with Crippen LogP contribution in [0.25, 0.3) is 0 Å². The molecule has 0 bridgehead atoms. The van der Waals surface area contributed by atoms with Crippen molar-refractivity contribution in [2.24, 2.45) is 0 Å². The zero-order valence-corrected chi connectivity index (χ0v) is 6.03. The second kappa shape index (κ2) is 6.17. The quantitative estimate of drug-likeness (QED) is 0.659. The molecule has 0 aromatic heterocycles. The molecule has 4 heteroatoms. The number of rotatable bonds is 2. The summed E-state index contributed by atoms with van der Waals surface area (Å²) in [6.07, 6.45) is 0. The van der Waals surface area contributed by atoms with Crippen LogP contribution < -0.4 is 5.32 Å². The van der Waals surface area contributed by atoms with Gasteiger partial charge in [-0.15, -0.1) is 0 Å². The molecular weight excluding hydrogens is 279 g/mol. The molecule has 0 unspecified atom stereocenters. The van der Waals surface area contributed by atoms with Gasteiger partial charge in [-0.2, -0.15) is 0 Å². The van der Waals surface area contributed by atoms with Crippen molar-refractivity contribution in [1.29, 1.82) is 0 Å². The molecule has 0 amide bonds. The van der Waals surface area contributed by atoms with Gasteiger partial charge >= 0.3 is 5.97 Å². The van der Waals surface area contributed by atoms with E-state index >= 15 is 0 Å². The summed E-state index contributed by atoms with van der Waals surface area (Å²) in [6.45, 7) is 0.0417. The smallest absolute Gasteiger partial charge is 0.317 e. The first-order valence-electron chi connectivity index (χ1n) is 1.63. The van der Waals surface area contributed by atoms with E-state index in [1.54, 1.807) is 7.05 Å². The molecule has 0 rings (SSSR count). The van der Waals surface area contributed by atoms with Crippen LogP contribution in [0.2, 0.25) is 0 Å². The van der Waals surface area contributed by atoms with Crippen molar-refractivity contribution in [2.75, 3.05) is 13.6 Å². The summed E-state index contributed by atoms with van der Waals surface area (Å²) in [5.41, 5.74) is 0. The average Bonchev–Trinajstić information content (AvgIpc) is 1.35. The second-order valence-electron chi connectivity index (χ2n) is 0.924. The molecule has 1 radical (unpaired) electrons. The predicted octanol–water partition coefficient (Wildman–Crippen LogP) is -0.712. The molecule has 0 saturated carbocycles. The fourth-order valence-electron chi connectivity index (χ4n) is 0.151. The Kier molecular flexibility index (Phi) is 9.00. The van der Waals surface area contributed by atoms with E-state index in [2.05, 4.69) is 5.32 Å². The third kappa shape index (κ3) is 10.7. The monoisotopic (exact) mass is 286 g/mol. The van der Waals surface area contributed by atoms with E-state index in [0.717, 1.165) is 0 Å². The second-order valence-corrected chi connectivity index (χ2v) is 0.924. The summed E-state index contributed by atoms with van der Waals surface area (Å²) in [5, 5.41) is 10.3. The van der Waals surface area contributed by atoms with Crippen molar-refractivity contribution in [2.45, 2.75) is 0 Å². The standard InChI is InChI=1S/C3H7NO2.Au/c1-4-2-3(5)6;/h4H,2H2,1H3,(H,5,6);. The van der Waals surface area contributed by atoms with Gasteiger partial charge in [0.1, 0.15) is 0 Å². The minimum Gasteiger partial charge on any atom is -0.480 e. The molecule has 7 heavy (non-hydrogen) atoms. The fourth-order valence-corrected chi connectivity index (χ4v) is 0.151. The molecule has 0 aromatic carbocycles. The molecule has 2 N–H and O–H groups in total. The number of hydrogen-bond acceptors (Lipinski definition) is 2. The summed E-state index contributed by atoms with van der Waals surface area (Å²) < 4.78 is 0. The fraction of sp³-hybridized carbons (Fsp3) is 0.667. The van der Waals surface area contributed by atoms with Gasteiger partial charge in [0, 0.05) is 22.4 Å². The normalized spacial score (nSPS) is 7.00. The number of likely N-dealkylation sites (N-methyl/N-ethyl adjacent to an activating group) is 1. The topological polar surface area (TPSA) is 49.3 Å². The van der Waals surface area contributed by atoms with Gasteiger partial charge in [-0.05, 0) is 7.05 Å². The molecule has 0 aromatic rings. The van der Waals surface area contributed by atoms with E-state index in [1.165, 1.54) is 0 Å². The maximum Gasteiger partial charge on any atom is 0.317 e. The number of carboxylic acid groups (broad SMARTS) is 1. The van der Waals surface area contributed by atoms with Crippen LogP contribution >= 0.6 is 0 Å². The van der Waals surface area contributed by atoms with Crippen molar-refractivity contribution >= 4 is 5.97 Å². The third-order valence-electron chi connectivity index (χ3n) is 0.328. The first-order chi connectivity index (χ1) is 2.77. The van der Waals surface area contributed by atoms with Crippen molar-refractivity contribution in [3.8, 4) is 0 Å². The summed E-state index contributed by atoms with van der Waals surface area (Å²) in [4.78, 5) is 9.54. The average molecular weight is 286 g/mol. The Morgan fingerprint density at radius 3 is 2.29 bits per heavy atom. The minimum absolute atomic E-state index is 0. The maximum atomic E-state index is 9.54. The first-order valence-corrected chi connectivity index (χ1v) is 1.63. The van der Waals surface area contributed by atoms with Crippen LogP contribution in [0.1, 0.15) is 0 Å². The van der Waals surface area contributed by atoms with Crippen LogP contribution in [0, 0.1) is 0 Å². The minimum atomic E-state index is -0.822. The van der Waals surface area contributed by atoms with E-state index in [1.807, 2.05) is 0 Å². The Morgan fingerprint density at radius 2 is 2.29 bits per heavy atom. The van der Waals surface area contributed by atoms with Gasteiger partial charge in [0.2, 0.25) is 0 Å². The molecule has 0 heterocycles. The molecule has 0 atom stereocenters. The summed E-state index contributed by atoms with van der Waals surface area (Å²) in [5.74, 6) is -0.822. The van der Waals surface area contributed by atoms with Gasteiger partial charge < -0.3 is 10.4 Å². The Morgan fingerprint density at radius 1 is 1.86 bits per heavy atom. The van der Waals surface area contributed by atoms with Gasteiger partial charge in [0.05, 0.1) is 6.54 Å². The summed E-state index contributed by atoms with van der Waals surface area (Å²) in [6, 6.07) is 0. The molecule has 0 aliphatic heterocycles. The SMILES string of the molecule is CNCC(=O)O.[Au]. The van der Waals surface area contributed by atoms with Gasteiger partial charge in [-0.1, -0.05) is 0 Å². The van der Waals surface area contributed by atoms with E-state index in [9.17, 15) is 4.79 Å². The number of aliphatic carboxylic acids is 1. The molecule has 0 aliphatic carbocycles. The Balaban J connectivity index is 0.